The quantitative estimate of drug-likeness (QED) is 0.611. The standard InChI is InChI=1S/C9H16O2/c1-4-8(5-2)9(10)7-11-6-3/h4-5,9-10H,1,6-7H2,2-3H3. The Morgan fingerprint density at radius 2 is 2.36 bits per heavy atom. The first-order chi connectivity index (χ1) is 5.26. The summed E-state index contributed by atoms with van der Waals surface area (Å²) in [5, 5.41) is 9.38. The maximum atomic E-state index is 9.38. The largest absolute Gasteiger partial charge is 0.386 e. The van der Waals surface area contributed by atoms with Crippen LogP contribution in [-0.4, -0.2) is 24.4 Å². The lowest BCUT2D eigenvalue weighted by Crippen LogP contribution is -2.16. The zero-order chi connectivity index (χ0) is 8.69. The first-order valence-electron chi connectivity index (χ1n) is 3.80. The number of rotatable bonds is 5. The van der Waals surface area contributed by atoms with Crippen LogP contribution in [0.4, 0.5) is 0 Å². The topological polar surface area (TPSA) is 29.5 Å². The lowest BCUT2D eigenvalue weighted by atomic mass is 10.1. The molecule has 0 aliphatic carbocycles. The number of hydrogen-bond acceptors (Lipinski definition) is 2. The minimum Gasteiger partial charge on any atom is -0.386 e. The summed E-state index contributed by atoms with van der Waals surface area (Å²) >= 11 is 0. The molecule has 0 saturated carbocycles. The maximum Gasteiger partial charge on any atom is 0.102 e. The minimum atomic E-state index is -0.530. The van der Waals surface area contributed by atoms with Crippen molar-refractivity contribution in [3.8, 4) is 0 Å². The maximum absolute atomic E-state index is 9.38. The van der Waals surface area contributed by atoms with Gasteiger partial charge in [0, 0.05) is 6.61 Å². The molecule has 2 nitrogen and oxygen atoms in total. The van der Waals surface area contributed by atoms with Crippen molar-refractivity contribution in [1.82, 2.24) is 0 Å². The molecule has 0 fully saturated rings. The molecule has 64 valence electrons. The van der Waals surface area contributed by atoms with E-state index >= 15 is 0 Å². The number of aliphatic hydroxyl groups excluding tert-OH is 1. The smallest absolute Gasteiger partial charge is 0.102 e. The van der Waals surface area contributed by atoms with Crippen molar-refractivity contribution in [1.29, 1.82) is 0 Å². The lowest BCUT2D eigenvalue weighted by Gasteiger charge is -2.10. The second-order valence-electron chi connectivity index (χ2n) is 2.17. The Balaban J connectivity index is 3.80. The molecule has 0 aliphatic heterocycles. The average molecular weight is 156 g/mol. The molecule has 0 saturated heterocycles. The predicted molar refractivity (Wildman–Crippen MR) is 46.5 cm³/mol. The Bertz CT molecular complexity index is 138. The van der Waals surface area contributed by atoms with Crippen molar-refractivity contribution in [2.75, 3.05) is 13.2 Å². The molecule has 0 aromatic rings. The van der Waals surface area contributed by atoms with Gasteiger partial charge in [0.15, 0.2) is 0 Å². The van der Waals surface area contributed by atoms with Gasteiger partial charge in [-0.1, -0.05) is 18.7 Å². The van der Waals surface area contributed by atoms with Crippen LogP contribution in [0.1, 0.15) is 13.8 Å². The highest BCUT2D eigenvalue weighted by Gasteiger charge is 2.05. The summed E-state index contributed by atoms with van der Waals surface area (Å²) in [6.45, 7) is 8.32. The second-order valence-corrected chi connectivity index (χ2v) is 2.17. The highest BCUT2D eigenvalue weighted by atomic mass is 16.5. The monoisotopic (exact) mass is 156 g/mol. The van der Waals surface area contributed by atoms with E-state index in [0.717, 1.165) is 5.57 Å². The van der Waals surface area contributed by atoms with Crippen LogP contribution in [-0.2, 0) is 4.74 Å². The molecule has 0 rings (SSSR count). The van der Waals surface area contributed by atoms with E-state index in [1.807, 2.05) is 19.9 Å². The molecule has 0 spiro atoms. The molecular formula is C9H16O2. The average Bonchev–Trinajstić information content (AvgIpc) is 2.03. The highest BCUT2D eigenvalue weighted by Crippen LogP contribution is 2.03. The van der Waals surface area contributed by atoms with E-state index in [1.165, 1.54) is 0 Å². The van der Waals surface area contributed by atoms with Crippen molar-refractivity contribution in [2.24, 2.45) is 0 Å². The van der Waals surface area contributed by atoms with Gasteiger partial charge in [-0.3, -0.25) is 0 Å². The van der Waals surface area contributed by atoms with Gasteiger partial charge in [0.1, 0.15) is 6.10 Å². The van der Waals surface area contributed by atoms with Crippen LogP contribution < -0.4 is 0 Å². The first-order valence-corrected chi connectivity index (χ1v) is 3.80. The van der Waals surface area contributed by atoms with Crippen LogP contribution in [0.3, 0.4) is 0 Å². The molecule has 0 heterocycles. The van der Waals surface area contributed by atoms with Crippen molar-refractivity contribution >= 4 is 0 Å². The van der Waals surface area contributed by atoms with Crippen molar-refractivity contribution in [3.63, 3.8) is 0 Å². The summed E-state index contributed by atoms with van der Waals surface area (Å²) in [7, 11) is 0. The molecule has 0 amide bonds. The Labute approximate surface area is 68.2 Å². The van der Waals surface area contributed by atoms with Gasteiger partial charge in [-0.25, -0.2) is 0 Å². The Morgan fingerprint density at radius 1 is 1.73 bits per heavy atom. The van der Waals surface area contributed by atoms with Gasteiger partial charge in [0.2, 0.25) is 0 Å². The van der Waals surface area contributed by atoms with E-state index < -0.39 is 6.10 Å². The fourth-order valence-electron chi connectivity index (χ4n) is 0.772. The molecule has 1 atom stereocenters. The molecular weight excluding hydrogens is 140 g/mol. The van der Waals surface area contributed by atoms with Crippen LogP contribution in [0.5, 0.6) is 0 Å². The lowest BCUT2D eigenvalue weighted by molar-refractivity contribution is 0.0628. The normalized spacial score (nSPS) is 14.6. The van der Waals surface area contributed by atoms with E-state index in [1.54, 1.807) is 6.08 Å². The summed E-state index contributed by atoms with van der Waals surface area (Å²) in [4.78, 5) is 0. The zero-order valence-corrected chi connectivity index (χ0v) is 7.21. The molecule has 0 bridgehead atoms. The molecule has 1 unspecified atom stereocenters. The summed E-state index contributed by atoms with van der Waals surface area (Å²) in [5.74, 6) is 0. The highest BCUT2D eigenvalue weighted by molar-refractivity contribution is 5.19. The van der Waals surface area contributed by atoms with E-state index in [0.29, 0.717) is 13.2 Å². The van der Waals surface area contributed by atoms with Gasteiger partial charge in [-0.2, -0.15) is 0 Å². The van der Waals surface area contributed by atoms with Crippen molar-refractivity contribution in [2.45, 2.75) is 20.0 Å². The van der Waals surface area contributed by atoms with Crippen molar-refractivity contribution in [3.05, 3.63) is 24.3 Å². The van der Waals surface area contributed by atoms with Gasteiger partial charge >= 0.3 is 0 Å². The Hall–Kier alpha value is -0.600. The van der Waals surface area contributed by atoms with Crippen LogP contribution in [0.25, 0.3) is 0 Å². The third-order valence-electron chi connectivity index (χ3n) is 1.43. The van der Waals surface area contributed by atoms with Crippen molar-refractivity contribution < 1.29 is 9.84 Å². The van der Waals surface area contributed by atoms with E-state index in [4.69, 9.17) is 4.74 Å². The number of aliphatic hydroxyl groups is 1. The van der Waals surface area contributed by atoms with Crippen LogP contribution >= 0.6 is 0 Å². The van der Waals surface area contributed by atoms with Gasteiger partial charge in [0.05, 0.1) is 6.61 Å². The molecule has 11 heavy (non-hydrogen) atoms. The molecule has 0 radical (unpaired) electrons. The predicted octanol–water partition coefficient (Wildman–Crippen LogP) is 1.52. The summed E-state index contributed by atoms with van der Waals surface area (Å²) in [6.07, 6.45) is 2.94. The van der Waals surface area contributed by atoms with Crippen LogP contribution in [0.15, 0.2) is 24.3 Å². The van der Waals surface area contributed by atoms with E-state index in [9.17, 15) is 5.11 Å². The number of hydrogen-bond donors (Lipinski definition) is 1. The summed E-state index contributed by atoms with van der Waals surface area (Å²) in [6, 6.07) is 0. The molecule has 0 aromatic carbocycles. The van der Waals surface area contributed by atoms with Crippen LogP contribution in [0, 0.1) is 0 Å². The SMILES string of the molecule is C=CC(=CC)C(O)COCC. The summed E-state index contributed by atoms with van der Waals surface area (Å²) < 4.78 is 5.04. The number of allylic oxidation sites excluding steroid dienone is 1. The molecule has 2 heteroatoms. The Kier molecular flexibility index (Phi) is 5.80. The fraction of sp³-hybridized carbons (Fsp3) is 0.556. The third kappa shape index (κ3) is 3.96. The molecule has 1 N–H and O–H groups in total. The van der Waals surface area contributed by atoms with E-state index in [-0.39, 0.29) is 0 Å². The number of ether oxygens (including phenoxy) is 1. The summed E-state index contributed by atoms with van der Waals surface area (Å²) in [5.41, 5.74) is 0.818. The minimum absolute atomic E-state index is 0.349. The van der Waals surface area contributed by atoms with Crippen LogP contribution in [0.2, 0.25) is 0 Å². The Morgan fingerprint density at radius 3 is 2.73 bits per heavy atom. The van der Waals surface area contributed by atoms with Gasteiger partial charge in [-0.15, -0.1) is 0 Å². The fourth-order valence-corrected chi connectivity index (χ4v) is 0.772. The van der Waals surface area contributed by atoms with Gasteiger partial charge < -0.3 is 9.84 Å². The first kappa shape index (κ1) is 10.4. The van der Waals surface area contributed by atoms with Gasteiger partial charge in [0.25, 0.3) is 0 Å². The van der Waals surface area contributed by atoms with Gasteiger partial charge in [-0.05, 0) is 19.4 Å². The second kappa shape index (κ2) is 6.13. The zero-order valence-electron chi connectivity index (χ0n) is 7.21. The molecule has 0 aliphatic rings. The van der Waals surface area contributed by atoms with E-state index in [2.05, 4.69) is 6.58 Å². The molecule has 0 aromatic heterocycles. The third-order valence-corrected chi connectivity index (χ3v) is 1.43.